The average Bonchev–Trinajstić information content (AvgIpc) is 3.16. The third kappa shape index (κ3) is 3.55. The van der Waals surface area contributed by atoms with Crippen LogP contribution in [0.4, 0.5) is 4.39 Å². The van der Waals surface area contributed by atoms with Crippen LogP contribution in [-0.4, -0.2) is 37.5 Å². The number of nitrogens with one attached hydrogen (secondary N) is 1. The van der Waals surface area contributed by atoms with Crippen LogP contribution < -0.4 is 5.32 Å². The molecule has 0 unspecified atom stereocenters. The molecule has 1 aromatic heterocycles. The lowest BCUT2D eigenvalue weighted by atomic mass is 9.93. The van der Waals surface area contributed by atoms with E-state index in [4.69, 9.17) is 16.7 Å². The Morgan fingerprint density at radius 2 is 2.08 bits per heavy atom. The molecule has 1 fully saturated rings. The van der Waals surface area contributed by atoms with Crippen LogP contribution in [0, 0.1) is 12.7 Å². The van der Waals surface area contributed by atoms with E-state index in [9.17, 15) is 14.0 Å². The van der Waals surface area contributed by atoms with Gasteiger partial charge in [0.25, 0.3) is 5.91 Å². The highest BCUT2D eigenvalue weighted by Gasteiger charge is 2.38. The summed E-state index contributed by atoms with van der Waals surface area (Å²) in [6.07, 6.45) is 2.84. The van der Waals surface area contributed by atoms with Gasteiger partial charge in [0, 0.05) is 0 Å². The van der Waals surface area contributed by atoms with Gasteiger partial charge < -0.3 is 10.4 Å². The number of amides is 1. The maximum atomic E-state index is 13.3. The molecule has 1 aliphatic rings. The van der Waals surface area contributed by atoms with Gasteiger partial charge in [0.1, 0.15) is 5.82 Å². The number of rotatable bonds is 5. The molecule has 26 heavy (non-hydrogen) atoms. The third-order valence-corrected chi connectivity index (χ3v) is 4.98. The van der Waals surface area contributed by atoms with Gasteiger partial charge in [-0.2, -0.15) is 0 Å². The number of halogens is 2. The number of hydrogen-bond acceptors (Lipinski definition) is 4. The number of carboxylic acid groups (broad SMARTS) is 1. The van der Waals surface area contributed by atoms with Crippen LogP contribution in [0.2, 0.25) is 5.02 Å². The molecule has 1 heterocycles. The molecule has 2 aromatic rings. The molecule has 2 N–H and O–H groups in total. The van der Waals surface area contributed by atoms with E-state index in [0.29, 0.717) is 24.2 Å². The van der Waals surface area contributed by atoms with E-state index in [0.717, 1.165) is 12.8 Å². The molecular formula is C17H18ClFN4O3. The second-order valence-electron chi connectivity index (χ2n) is 6.55. The molecular weight excluding hydrogens is 363 g/mol. The maximum Gasteiger partial charge on any atom is 0.305 e. The number of carboxylic acids is 1. The first-order valence-electron chi connectivity index (χ1n) is 8.23. The molecule has 9 heteroatoms. The largest absolute Gasteiger partial charge is 0.481 e. The van der Waals surface area contributed by atoms with Crippen molar-refractivity contribution in [2.45, 2.75) is 44.6 Å². The Balaban J connectivity index is 1.85. The predicted octanol–water partition coefficient (Wildman–Crippen LogP) is 2.89. The van der Waals surface area contributed by atoms with Gasteiger partial charge in [0.05, 0.1) is 28.4 Å². The Hall–Kier alpha value is -2.48. The zero-order chi connectivity index (χ0) is 18.9. The normalized spacial score (nSPS) is 15.8. The lowest BCUT2D eigenvalue weighted by Crippen LogP contribution is -2.48. The first kappa shape index (κ1) is 18.3. The standard InChI is InChI=1S/C17H18ClFN4O3/c1-10-15(16(26)20-17(9-14(24)25)6-2-3-7-17)21-22-23(10)11-4-5-13(19)12(18)8-11/h4-5,8H,2-3,6-7,9H2,1H3,(H,20,26)(H,24,25). The lowest BCUT2D eigenvalue weighted by molar-refractivity contribution is -0.138. The summed E-state index contributed by atoms with van der Waals surface area (Å²) < 4.78 is 14.7. The van der Waals surface area contributed by atoms with E-state index in [1.165, 1.54) is 22.9 Å². The van der Waals surface area contributed by atoms with Gasteiger partial charge in [-0.25, -0.2) is 9.07 Å². The number of benzene rings is 1. The van der Waals surface area contributed by atoms with E-state index in [1.807, 2.05) is 0 Å². The third-order valence-electron chi connectivity index (χ3n) is 4.69. The van der Waals surface area contributed by atoms with Crippen molar-refractivity contribution >= 4 is 23.5 Å². The van der Waals surface area contributed by atoms with Crippen molar-refractivity contribution in [1.29, 1.82) is 0 Å². The summed E-state index contributed by atoms with van der Waals surface area (Å²) in [5.74, 6) is -1.97. The zero-order valence-electron chi connectivity index (χ0n) is 14.1. The molecule has 7 nitrogen and oxygen atoms in total. The second kappa shape index (κ2) is 7.03. The Morgan fingerprint density at radius 1 is 1.38 bits per heavy atom. The molecule has 0 bridgehead atoms. The molecule has 1 aliphatic carbocycles. The minimum atomic E-state index is -0.950. The van der Waals surface area contributed by atoms with Gasteiger partial charge in [0.2, 0.25) is 0 Å². The topological polar surface area (TPSA) is 97.1 Å². The molecule has 3 rings (SSSR count). The fraction of sp³-hybridized carbons (Fsp3) is 0.412. The Bertz CT molecular complexity index is 862. The van der Waals surface area contributed by atoms with Crippen LogP contribution in [0.3, 0.4) is 0 Å². The van der Waals surface area contributed by atoms with E-state index >= 15 is 0 Å². The van der Waals surface area contributed by atoms with Crippen molar-refractivity contribution in [3.63, 3.8) is 0 Å². The highest BCUT2D eigenvalue weighted by molar-refractivity contribution is 6.30. The summed E-state index contributed by atoms with van der Waals surface area (Å²) in [6.45, 7) is 1.66. The maximum absolute atomic E-state index is 13.3. The van der Waals surface area contributed by atoms with Crippen molar-refractivity contribution in [1.82, 2.24) is 20.3 Å². The number of hydrogen-bond donors (Lipinski definition) is 2. The lowest BCUT2D eigenvalue weighted by Gasteiger charge is -2.28. The number of carbonyl (C=O) groups is 2. The molecule has 0 saturated heterocycles. The Kier molecular flexibility index (Phi) is 4.95. The van der Waals surface area contributed by atoms with Gasteiger partial charge in [0.15, 0.2) is 5.69 Å². The summed E-state index contributed by atoms with van der Waals surface area (Å²) >= 11 is 5.79. The van der Waals surface area contributed by atoms with E-state index in [-0.39, 0.29) is 17.1 Å². The molecule has 0 aliphatic heterocycles. The molecule has 0 spiro atoms. The first-order valence-corrected chi connectivity index (χ1v) is 8.61. The minimum Gasteiger partial charge on any atom is -0.481 e. The number of carbonyl (C=O) groups excluding carboxylic acids is 1. The molecule has 1 amide bonds. The molecule has 1 saturated carbocycles. The van der Waals surface area contributed by atoms with Gasteiger partial charge in [-0.15, -0.1) is 5.10 Å². The van der Waals surface area contributed by atoms with E-state index in [2.05, 4.69) is 15.6 Å². The van der Waals surface area contributed by atoms with Gasteiger partial charge in [-0.1, -0.05) is 29.7 Å². The SMILES string of the molecule is Cc1c(C(=O)NC2(CC(=O)O)CCCC2)nnn1-c1ccc(F)c(Cl)c1. The monoisotopic (exact) mass is 380 g/mol. The number of aliphatic carboxylic acids is 1. The fourth-order valence-corrected chi connectivity index (χ4v) is 3.56. The van der Waals surface area contributed by atoms with Gasteiger partial charge in [-0.3, -0.25) is 9.59 Å². The van der Waals surface area contributed by atoms with E-state index in [1.54, 1.807) is 6.92 Å². The molecule has 0 radical (unpaired) electrons. The second-order valence-corrected chi connectivity index (χ2v) is 6.95. The molecule has 138 valence electrons. The predicted molar refractivity (Wildman–Crippen MR) is 92.0 cm³/mol. The molecule has 1 aromatic carbocycles. The summed E-state index contributed by atoms with van der Waals surface area (Å²) in [4.78, 5) is 23.8. The minimum absolute atomic E-state index is 0.0604. The van der Waals surface area contributed by atoms with E-state index < -0.39 is 23.2 Å². The van der Waals surface area contributed by atoms with Crippen LogP contribution in [0.1, 0.15) is 48.3 Å². The first-order chi connectivity index (χ1) is 12.3. The highest BCUT2D eigenvalue weighted by Crippen LogP contribution is 2.33. The average molecular weight is 381 g/mol. The van der Waals surface area contributed by atoms with Crippen LogP contribution in [0.15, 0.2) is 18.2 Å². The van der Waals surface area contributed by atoms with Crippen LogP contribution in [0.25, 0.3) is 5.69 Å². The zero-order valence-corrected chi connectivity index (χ0v) is 14.9. The van der Waals surface area contributed by atoms with Crippen molar-refractivity contribution < 1.29 is 19.1 Å². The Morgan fingerprint density at radius 3 is 2.69 bits per heavy atom. The fourth-order valence-electron chi connectivity index (χ4n) is 3.39. The summed E-state index contributed by atoms with van der Waals surface area (Å²) in [7, 11) is 0. The summed E-state index contributed by atoms with van der Waals surface area (Å²) in [5.41, 5.74) is 0.274. The van der Waals surface area contributed by atoms with Gasteiger partial charge in [-0.05, 0) is 38.0 Å². The smallest absolute Gasteiger partial charge is 0.305 e. The van der Waals surface area contributed by atoms with Gasteiger partial charge >= 0.3 is 5.97 Å². The van der Waals surface area contributed by atoms with Crippen LogP contribution in [-0.2, 0) is 4.79 Å². The van der Waals surface area contributed by atoms with Crippen molar-refractivity contribution in [3.8, 4) is 5.69 Å². The van der Waals surface area contributed by atoms with Crippen molar-refractivity contribution in [2.75, 3.05) is 0 Å². The Labute approximate surface area is 154 Å². The van der Waals surface area contributed by atoms with Crippen LogP contribution in [0.5, 0.6) is 0 Å². The van der Waals surface area contributed by atoms with Crippen molar-refractivity contribution in [2.24, 2.45) is 0 Å². The number of aromatic nitrogens is 3. The summed E-state index contributed by atoms with van der Waals surface area (Å²) in [5, 5.41) is 19.8. The van der Waals surface area contributed by atoms with Crippen molar-refractivity contribution in [3.05, 3.63) is 40.4 Å². The quantitative estimate of drug-likeness (QED) is 0.831. The number of nitrogens with zero attached hydrogens (tertiary/aromatic N) is 3. The van der Waals surface area contributed by atoms with Crippen LogP contribution >= 0.6 is 11.6 Å². The highest BCUT2D eigenvalue weighted by atomic mass is 35.5. The molecule has 0 atom stereocenters. The summed E-state index contributed by atoms with van der Waals surface area (Å²) in [6, 6.07) is 4.08.